The van der Waals surface area contributed by atoms with Crippen LogP contribution in [0.25, 0.3) is 0 Å². The van der Waals surface area contributed by atoms with Crippen LogP contribution in [0, 0.1) is 15.9 Å². The highest BCUT2D eigenvalue weighted by atomic mass is 19.1. The van der Waals surface area contributed by atoms with Crippen LogP contribution in [0.3, 0.4) is 0 Å². The van der Waals surface area contributed by atoms with Crippen molar-refractivity contribution in [2.24, 2.45) is 0 Å². The van der Waals surface area contributed by atoms with E-state index in [9.17, 15) is 14.5 Å². The Balaban J connectivity index is 2.25. The number of nitrogens with zero attached hydrogens (tertiary/aromatic N) is 3. The first-order valence-corrected chi connectivity index (χ1v) is 5.23. The van der Waals surface area contributed by atoms with Crippen LogP contribution >= 0.6 is 0 Å². The number of halogens is 1. The fourth-order valence-electron chi connectivity index (χ4n) is 1.32. The number of hydrogen-bond acceptors (Lipinski definition) is 6. The molecule has 0 unspecified atom stereocenters. The molecular formula is C11H9FN4O3. The molecule has 2 rings (SSSR count). The second-order valence-electron chi connectivity index (χ2n) is 3.44. The molecule has 98 valence electrons. The molecule has 0 saturated heterocycles. The van der Waals surface area contributed by atoms with E-state index in [1.807, 2.05) is 0 Å². The third-order valence-electron chi connectivity index (χ3n) is 2.19. The number of nitro groups is 1. The summed E-state index contributed by atoms with van der Waals surface area (Å²) in [4.78, 5) is 17.6. The van der Waals surface area contributed by atoms with Crippen LogP contribution in [0.4, 0.5) is 16.0 Å². The summed E-state index contributed by atoms with van der Waals surface area (Å²) in [6.07, 6.45) is 1.44. The molecule has 0 spiro atoms. The lowest BCUT2D eigenvalue weighted by Gasteiger charge is -2.06. The van der Waals surface area contributed by atoms with Crippen molar-refractivity contribution in [3.05, 3.63) is 46.4 Å². The molecule has 0 aliphatic rings. The molecule has 0 radical (unpaired) electrons. The summed E-state index contributed by atoms with van der Waals surface area (Å²) in [6, 6.07) is 4.56. The first-order chi connectivity index (χ1) is 9.10. The van der Waals surface area contributed by atoms with Crippen molar-refractivity contribution in [2.75, 3.05) is 12.4 Å². The van der Waals surface area contributed by atoms with Crippen molar-refractivity contribution in [3.63, 3.8) is 0 Å². The number of hydrogen-bond donors (Lipinski definition) is 1. The van der Waals surface area contributed by atoms with Crippen molar-refractivity contribution in [1.29, 1.82) is 0 Å². The third-order valence-corrected chi connectivity index (χ3v) is 2.19. The van der Waals surface area contributed by atoms with Gasteiger partial charge < -0.3 is 10.1 Å². The lowest BCUT2D eigenvalue weighted by Crippen LogP contribution is -1.98. The first-order valence-electron chi connectivity index (χ1n) is 5.23. The largest absolute Gasteiger partial charge is 0.436 e. The van der Waals surface area contributed by atoms with Crippen LogP contribution in [-0.2, 0) is 0 Å². The summed E-state index contributed by atoms with van der Waals surface area (Å²) in [5, 5.41) is 13.2. The number of rotatable bonds is 4. The summed E-state index contributed by atoms with van der Waals surface area (Å²) in [5.41, 5.74) is -0.344. The number of anilines is 1. The molecule has 0 saturated carbocycles. The average Bonchev–Trinajstić information content (AvgIpc) is 2.41. The zero-order chi connectivity index (χ0) is 13.8. The Hall–Kier alpha value is -2.77. The van der Waals surface area contributed by atoms with Crippen LogP contribution in [0.5, 0.6) is 11.6 Å². The van der Waals surface area contributed by atoms with Crippen molar-refractivity contribution < 1.29 is 14.1 Å². The van der Waals surface area contributed by atoms with Gasteiger partial charge >= 0.3 is 0 Å². The van der Waals surface area contributed by atoms with Crippen LogP contribution < -0.4 is 10.1 Å². The van der Waals surface area contributed by atoms with Crippen LogP contribution in [0.2, 0.25) is 0 Å². The van der Waals surface area contributed by atoms with E-state index in [-0.39, 0.29) is 17.3 Å². The van der Waals surface area contributed by atoms with E-state index in [0.717, 1.165) is 12.1 Å². The number of aromatic nitrogens is 2. The molecule has 0 atom stereocenters. The van der Waals surface area contributed by atoms with Gasteiger partial charge in [-0.3, -0.25) is 10.1 Å². The highest BCUT2D eigenvalue weighted by Crippen LogP contribution is 2.26. The van der Waals surface area contributed by atoms with Gasteiger partial charge in [0.05, 0.1) is 11.0 Å². The number of ether oxygens (including phenoxy) is 1. The highest BCUT2D eigenvalue weighted by molar-refractivity contribution is 5.39. The van der Waals surface area contributed by atoms with E-state index in [1.165, 1.54) is 18.3 Å². The van der Waals surface area contributed by atoms with E-state index in [1.54, 1.807) is 7.05 Å². The van der Waals surface area contributed by atoms with Gasteiger partial charge in [-0.2, -0.15) is 4.98 Å². The standard InChI is InChI=1S/C11H9FN4O3/c1-13-11-14-5-4-10(15-11)19-9-3-2-7(16(17)18)6-8(9)12/h2-6H,1H3,(H,13,14,15). The van der Waals surface area contributed by atoms with Crippen molar-refractivity contribution in [2.45, 2.75) is 0 Å². The molecule has 2 aromatic rings. The summed E-state index contributed by atoms with van der Waals surface area (Å²) in [5.74, 6) is -0.530. The number of nitrogens with one attached hydrogen (secondary N) is 1. The smallest absolute Gasteiger partial charge is 0.272 e. The molecule has 0 aliphatic carbocycles. The molecule has 8 heteroatoms. The van der Waals surface area contributed by atoms with Crippen LogP contribution in [0.1, 0.15) is 0 Å². The second kappa shape index (κ2) is 5.25. The van der Waals surface area contributed by atoms with Gasteiger partial charge in [-0.05, 0) is 6.07 Å². The molecule has 0 fully saturated rings. The predicted octanol–water partition coefficient (Wildman–Crippen LogP) is 2.36. The van der Waals surface area contributed by atoms with Crippen molar-refractivity contribution >= 4 is 11.6 Å². The lowest BCUT2D eigenvalue weighted by molar-refractivity contribution is -0.385. The Labute approximate surface area is 107 Å². The van der Waals surface area contributed by atoms with Gasteiger partial charge in [0.2, 0.25) is 11.8 Å². The Kier molecular flexibility index (Phi) is 3.51. The van der Waals surface area contributed by atoms with E-state index >= 15 is 0 Å². The van der Waals surface area contributed by atoms with Gasteiger partial charge in [-0.15, -0.1) is 0 Å². The predicted molar refractivity (Wildman–Crippen MR) is 64.7 cm³/mol. The van der Waals surface area contributed by atoms with Gasteiger partial charge in [0.25, 0.3) is 5.69 Å². The van der Waals surface area contributed by atoms with Crippen LogP contribution in [0.15, 0.2) is 30.5 Å². The molecule has 0 bridgehead atoms. The average molecular weight is 264 g/mol. The van der Waals surface area contributed by atoms with Crippen LogP contribution in [-0.4, -0.2) is 21.9 Å². The molecule has 0 amide bonds. The normalized spacial score (nSPS) is 10.0. The molecular weight excluding hydrogens is 255 g/mol. The van der Waals surface area contributed by atoms with E-state index in [0.29, 0.717) is 5.95 Å². The zero-order valence-electron chi connectivity index (χ0n) is 9.83. The van der Waals surface area contributed by atoms with Crippen molar-refractivity contribution in [1.82, 2.24) is 9.97 Å². The molecule has 1 aromatic carbocycles. The molecule has 19 heavy (non-hydrogen) atoms. The van der Waals surface area contributed by atoms with Gasteiger partial charge in [-0.1, -0.05) is 0 Å². The number of non-ortho nitro benzene ring substituents is 1. The summed E-state index contributed by atoms with van der Waals surface area (Å²) < 4.78 is 18.8. The SMILES string of the molecule is CNc1nccc(Oc2ccc([N+](=O)[O-])cc2F)n1. The zero-order valence-corrected chi connectivity index (χ0v) is 9.83. The maximum absolute atomic E-state index is 13.6. The van der Waals surface area contributed by atoms with Gasteiger partial charge in [0, 0.05) is 25.4 Å². The number of nitro benzene ring substituents is 1. The highest BCUT2D eigenvalue weighted by Gasteiger charge is 2.12. The fraction of sp³-hybridized carbons (Fsp3) is 0.0909. The van der Waals surface area contributed by atoms with E-state index < -0.39 is 10.7 Å². The monoisotopic (exact) mass is 264 g/mol. The minimum absolute atomic E-state index is 0.132. The third kappa shape index (κ3) is 2.92. The van der Waals surface area contributed by atoms with Gasteiger partial charge in [0.15, 0.2) is 11.6 Å². The fourth-order valence-corrected chi connectivity index (χ4v) is 1.32. The second-order valence-corrected chi connectivity index (χ2v) is 3.44. The lowest BCUT2D eigenvalue weighted by atomic mass is 10.3. The molecule has 1 N–H and O–H groups in total. The maximum Gasteiger partial charge on any atom is 0.272 e. The van der Waals surface area contributed by atoms with E-state index in [2.05, 4.69) is 15.3 Å². The molecule has 7 nitrogen and oxygen atoms in total. The summed E-state index contributed by atoms with van der Waals surface area (Å²) in [7, 11) is 1.63. The van der Waals surface area contributed by atoms with Gasteiger partial charge in [-0.25, -0.2) is 9.37 Å². The molecule has 1 aromatic heterocycles. The summed E-state index contributed by atoms with van der Waals surface area (Å²) in [6.45, 7) is 0. The minimum Gasteiger partial charge on any atom is -0.436 e. The quantitative estimate of drug-likeness (QED) is 0.673. The maximum atomic E-state index is 13.6. The molecule has 0 aliphatic heterocycles. The topological polar surface area (TPSA) is 90.2 Å². The Morgan fingerprint density at radius 3 is 2.84 bits per heavy atom. The Bertz CT molecular complexity index is 621. The Morgan fingerprint density at radius 2 is 2.21 bits per heavy atom. The number of benzene rings is 1. The minimum atomic E-state index is -0.834. The van der Waals surface area contributed by atoms with E-state index in [4.69, 9.17) is 4.74 Å². The van der Waals surface area contributed by atoms with Crippen molar-refractivity contribution in [3.8, 4) is 11.6 Å². The summed E-state index contributed by atoms with van der Waals surface area (Å²) >= 11 is 0. The molecule has 1 heterocycles. The van der Waals surface area contributed by atoms with Gasteiger partial charge in [0.1, 0.15) is 0 Å². The first kappa shape index (κ1) is 12.7. The Morgan fingerprint density at radius 1 is 1.42 bits per heavy atom.